The summed E-state index contributed by atoms with van der Waals surface area (Å²) in [5, 5.41) is 20.2. The van der Waals surface area contributed by atoms with Crippen molar-refractivity contribution in [2.24, 2.45) is 7.05 Å². The van der Waals surface area contributed by atoms with Gasteiger partial charge in [0.25, 0.3) is 5.95 Å². The first-order valence-corrected chi connectivity index (χ1v) is 4.40. The third-order valence-electron chi connectivity index (χ3n) is 2.09. The van der Waals surface area contributed by atoms with Crippen molar-refractivity contribution in [3.63, 3.8) is 0 Å². The maximum Gasteiger partial charge on any atom is 0.338 e. The number of imidazole rings is 1. The molecule has 0 aromatic carbocycles. The highest BCUT2D eigenvalue weighted by Gasteiger charge is 2.18. The van der Waals surface area contributed by atoms with Crippen LogP contribution in [-0.4, -0.2) is 25.6 Å². The molecule has 2 aromatic rings. The van der Waals surface area contributed by atoms with Gasteiger partial charge >= 0.3 is 11.6 Å². The third-order valence-corrected chi connectivity index (χ3v) is 2.09. The number of hydrogen-bond acceptors (Lipinski definition) is 5. The van der Waals surface area contributed by atoms with E-state index >= 15 is 0 Å². The van der Waals surface area contributed by atoms with Gasteiger partial charge in [-0.25, -0.2) is 14.3 Å². The zero-order valence-corrected chi connectivity index (χ0v) is 8.41. The van der Waals surface area contributed by atoms with Crippen molar-refractivity contribution in [2.75, 3.05) is 5.73 Å². The van der Waals surface area contributed by atoms with Crippen LogP contribution in [-0.2, 0) is 18.4 Å². The van der Waals surface area contributed by atoms with Crippen LogP contribution in [0.3, 0.4) is 0 Å². The number of fused-ring (bicyclic) bond motifs is 1. The minimum atomic E-state index is -1.03. The number of rotatable bonds is 2. The van der Waals surface area contributed by atoms with Crippen LogP contribution in [0.15, 0.2) is 6.33 Å². The number of carboxylic acids is 1. The number of anilines is 1. The molecule has 8 heteroatoms. The summed E-state index contributed by atoms with van der Waals surface area (Å²) < 4.78 is 2.80. The van der Waals surface area contributed by atoms with E-state index in [1.807, 2.05) is 0 Å². The summed E-state index contributed by atoms with van der Waals surface area (Å²) >= 11 is 0. The van der Waals surface area contributed by atoms with Gasteiger partial charge in [-0.15, -0.1) is 0 Å². The average molecular weight is 223 g/mol. The first-order chi connectivity index (χ1) is 7.49. The van der Waals surface area contributed by atoms with E-state index in [-0.39, 0.29) is 23.7 Å². The molecule has 0 unspecified atom stereocenters. The standard InChI is InChI=1S/C8H9N5O3/c1-12-3-13(2-4(14)15)6-5(12)7(16)11-8(9)10-6/h3H,2H2,1H3,(H3-,9,10,11,14,15,16). The van der Waals surface area contributed by atoms with E-state index in [9.17, 15) is 9.90 Å². The largest absolute Gasteiger partial charge is 0.856 e. The van der Waals surface area contributed by atoms with Gasteiger partial charge in [-0.1, -0.05) is 4.98 Å². The van der Waals surface area contributed by atoms with Gasteiger partial charge in [-0.3, -0.25) is 4.57 Å². The van der Waals surface area contributed by atoms with Crippen molar-refractivity contribution < 1.29 is 19.6 Å². The Bertz CT molecular complexity index is 577. The fraction of sp³-hybridized carbons (Fsp3) is 0.250. The number of carboxylic acid groups (broad SMARTS) is 1. The summed E-state index contributed by atoms with van der Waals surface area (Å²) in [6.07, 6.45) is 1.47. The van der Waals surface area contributed by atoms with E-state index in [0.717, 1.165) is 0 Å². The fourth-order valence-corrected chi connectivity index (χ4v) is 1.53. The lowest BCUT2D eigenvalue weighted by atomic mass is 10.5. The number of nitrogens with zero attached hydrogens (tertiary/aromatic N) is 4. The Morgan fingerprint density at radius 2 is 2.38 bits per heavy atom. The number of aromatic nitrogens is 4. The van der Waals surface area contributed by atoms with Crippen molar-refractivity contribution in [2.45, 2.75) is 6.54 Å². The summed E-state index contributed by atoms with van der Waals surface area (Å²) in [7, 11) is 1.61. The predicted octanol–water partition coefficient (Wildman–Crippen LogP) is -2.00. The van der Waals surface area contributed by atoms with Gasteiger partial charge in [0.1, 0.15) is 0 Å². The predicted molar refractivity (Wildman–Crippen MR) is 50.2 cm³/mol. The molecule has 0 aliphatic rings. The summed E-state index contributed by atoms with van der Waals surface area (Å²) in [6, 6.07) is 0. The molecular weight excluding hydrogens is 214 g/mol. The second kappa shape index (κ2) is 3.33. The minimum Gasteiger partial charge on any atom is -0.856 e. The molecule has 2 heterocycles. The molecule has 0 radical (unpaired) electrons. The first-order valence-electron chi connectivity index (χ1n) is 4.40. The molecule has 0 aliphatic heterocycles. The van der Waals surface area contributed by atoms with Crippen LogP contribution in [0.2, 0.25) is 0 Å². The molecule has 0 aliphatic carbocycles. The van der Waals surface area contributed by atoms with Gasteiger partial charge in [0, 0.05) is 5.88 Å². The first kappa shape index (κ1) is 10.1. The van der Waals surface area contributed by atoms with E-state index in [0.29, 0.717) is 0 Å². The van der Waals surface area contributed by atoms with E-state index < -0.39 is 11.8 Å². The van der Waals surface area contributed by atoms with Crippen LogP contribution in [0.25, 0.3) is 11.2 Å². The van der Waals surface area contributed by atoms with Gasteiger partial charge in [0.15, 0.2) is 18.4 Å². The van der Waals surface area contributed by atoms with Crippen LogP contribution in [0.4, 0.5) is 5.95 Å². The van der Waals surface area contributed by atoms with Gasteiger partial charge < -0.3 is 15.9 Å². The molecule has 0 saturated heterocycles. The maximum atomic E-state index is 11.5. The van der Waals surface area contributed by atoms with Crippen LogP contribution < -0.4 is 15.4 Å². The highest BCUT2D eigenvalue weighted by atomic mass is 16.4. The highest BCUT2D eigenvalue weighted by Crippen LogP contribution is 2.16. The topological polar surface area (TPSA) is 121 Å². The number of aryl methyl sites for hydroxylation is 1. The third kappa shape index (κ3) is 1.49. The maximum absolute atomic E-state index is 11.5. The molecule has 2 rings (SSSR count). The number of hydrogen-bond donors (Lipinski definition) is 2. The lowest BCUT2D eigenvalue weighted by molar-refractivity contribution is -0.662. The van der Waals surface area contributed by atoms with E-state index in [2.05, 4.69) is 9.97 Å². The van der Waals surface area contributed by atoms with Crippen molar-refractivity contribution >= 4 is 23.1 Å². The fourth-order valence-electron chi connectivity index (χ4n) is 1.53. The van der Waals surface area contributed by atoms with Crippen molar-refractivity contribution in [3.8, 4) is 5.88 Å². The SMILES string of the molecule is Cn1c[n+](CC(=O)O)c2nc(N)nc([O-])c21. The second-order valence-corrected chi connectivity index (χ2v) is 3.31. The highest BCUT2D eigenvalue weighted by molar-refractivity contribution is 5.74. The van der Waals surface area contributed by atoms with E-state index in [4.69, 9.17) is 10.8 Å². The molecule has 84 valence electrons. The normalized spacial score (nSPS) is 10.8. The molecule has 0 atom stereocenters. The summed E-state index contributed by atoms with van der Waals surface area (Å²) in [6.45, 7) is -0.284. The molecule has 0 spiro atoms. The molecule has 0 fully saturated rings. The number of carbonyl (C=O) groups is 1. The van der Waals surface area contributed by atoms with Crippen molar-refractivity contribution in [1.82, 2.24) is 14.5 Å². The van der Waals surface area contributed by atoms with Gasteiger partial charge in [-0.05, 0) is 0 Å². The molecule has 3 N–H and O–H groups in total. The van der Waals surface area contributed by atoms with E-state index in [1.165, 1.54) is 15.5 Å². The van der Waals surface area contributed by atoms with Crippen molar-refractivity contribution in [1.29, 1.82) is 0 Å². The Morgan fingerprint density at radius 1 is 1.69 bits per heavy atom. The van der Waals surface area contributed by atoms with Crippen molar-refractivity contribution in [3.05, 3.63) is 6.33 Å². The lowest BCUT2D eigenvalue weighted by Crippen LogP contribution is -2.37. The molecule has 0 bridgehead atoms. The summed E-state index contributed by atoms with van der Waals surface area (Å²) in [5.74, 6) is -1.71. The Morgan fingerprint density at radius 3 is 3.00 bits per heavy atom. The van der Waals surface area contributed by atoms with Gasteiger partial charge in [0.2, 0.25) is 0 Å². The lowest BCUT2D eigenvalue weighted by Gasteiger charge is -2.02. The zero-order valence-electron chi connectivity index (χ0n) is 8.41. The van der Waals surface area contributed by atoms with E-state index in [1.54, 1.807) is 7.05 Å². The summed E-state index contributed by atoms with van der Waals surface area (Å²) in [4.78, 5) is 17.9. The molecular formula is C8H9N5O3. The molecule has 16 heavy (non-hydrogen) atoms. The Labute approximate surface area is 89.6 Å². The Hall–Kier alpha value is -2.38. The zero-order chi connectivity index (χ0) is 11.9. The number of nitrogen functional groups attached to an aromatic ring is 1. The van der Waals surface area contributed by atoms with Crippen LogP contribution in [0.1, 0.15) is 0 Å². The molecule has 2 aromatic heterocycles. The molecule has 0 saturated carbocycles. The Balaban J connectivity index is 2.72. The smallest absolute Gasteiger partial charge is 0.338 e. The number of nitrogens with two attached hydrogens (primary N) is 1. The minimum absolute atomic E-state index is 0.164. The number of aliphatic carboxylic acids is 1. The molecule has 8 nitrogen and oxygen atoms in total. The van der Waals surface area contributed by atoms with Gasteiger partial charge in [-0.2, -0.15) is 0 Å². The second-order valence-electron chi connectivity index (χ2n) is 3.31. The van der Waals surface area contributed by atoms with Crippen LogP contribution in [0, 0.1) is 0 Å². The quantitative estimate of drug-likeness (QED) is 0.568. The monoisotopic (exact) mass is 223 g/mol. The summed E-state index contributed by atoms with van der Waals surface area (Å²) in [5.41, 5.74) is 5.80. The van der Waals surface area contributed by atoms with Crippen LogP contribution >= 0.6 is 0 Å². The van der Waals surface area contributed by atoms with Gasteiger partial charge in [0.05, 0.1) is 7.05 Å². The Kier molecular flexibility index (Phi) is 2.11. The molecule has 0 amide bonds. The average Bonchev–Trinajstić information content (AvgIpc) is 2.41. The van der Waals surface area contributed by atoms with Crippen LogP contribution in [0.5, 0.6) is 5.88 Å².